The van der Waals surface area contributed by atoms with Gasteiger partial charge in [-0.1, -0.05) is 36.4 Å². The van der Waals surface area contributed by atoms with Crippen LogP contribution in [0.15, 0.2) is 54.9 Å². The van der Waals surface area contributed by atoms with Gasteiger partial charge in [-0.2, -0.15) is 0 Å². The van der Waals surface area contributed by atoms with Gasteiger partial charge in [0.2, 0.25) is 0 Å². The van der Waals surface area contributed by atoms with E-state index in [0.717, 1.165) is 18.4 Å². The van der Waals surface area contributed by atoms with Crippen LogP contribution in [0, 0.1) is 0 Å². The van der Waals surface area contributed by atoms with Crippen LogP contribution in [0.1, 0.15) is 17.5 Å². The summed E-state index contributed by atoms with van der Waals surface area (Å²) in [5.74, 6) is -0.805. The van der Waals surface area contributed by atoms with E-state index in [1.807, 2.05) is 48.7 Å². The maximum absolute atomic E-state index is 11.3. The molecule has 1 heterocycles. The molecule has 0 aliphatic carbocycles. The fraction of sp³-hybridized carbons (Fsp3) is 0.294. The number of nitrogens with one attached hydrogen (secondary N) is 1. The van der Waals surface area contributed by atoms with Crippen LogP contribution in [0.5, 0.6) is 0 Å². The van der Waals surface area contributed by atoms with Crippen molar-refractivity contribution in [1.82, 2.24) is 10.3 Å². The number of benzene rings is 1. The molecule has 0 radical (unpaired) electrons. The van der Waals surface area contributed by atoms with Gasteiger partial charge in [-0.15, -0.1) is 0 Å². The minimum absolute atomic E-state index is 0.503. The van der Waals surface area contributed by atoms with Gasteiger partial charge in [0, 0.05) is 12.4 Å². The maximum atomic E-state index is 11.3. The summed E-state index contributed by atoms with van der Waals surface area (Å²) < 4.78 is 0. The average Bonchev–Trinajstić information content (AvgIpc) is 2.52. The lowest BCUT2D eigenvalue weighted by molar-refractivity contribution is -0.139. The average molecular weight is 284 g/mol. The second-order valence-corrected chi connectivity index (χ2v) is 5.00. The molecule has 0 aliphatic rings. The molecule has 110 valence electrons. The van der Waals surface area contributed by atoms with Crippen LogP contribution in [-0.4, -0.2) is 28.6 Å². The summed E-state index contributed by atoms with van der Waals surface area (Å²) in [6.45, 7) is 0.679. The van der Waals surface area contributed by atoms with E-state index in [0.29, 0.717) is 13.0 Å². The number of nitrogens with zero attached hydrogens (tertiary/aromatic N) is 1. The molecule has 4 heteroatoms. The van der Waals surface area contributed by atoms with Crippen LogP contribution in [0.3, 0.4) is 0 Å². The zero-order valence-electron chi connectivity index (χ0n) is 11.9. The Balaban J connectivity index is 1.77. The van der Waals surface area contributed by atoms with Crippen LogP contribution in [-0.2, 0) is 17.6 Å². The molecular weight excluding hydrogens is 264 g/mol. The van der Waals surface area contributed by atoms with Crippen LogP contribution in [0.4, 0.5) is 0 Å². The Morgan fingerprint density at radius 3 is 2.57 bits per heavy atom. The number of carbonyl (C=O) groups is 1. The zero-order chi connectivity index (χ0) is 14.9. The van der Waals surface area contributed by atoms with Gasteiger partial charge in [0.25, 0.3) is 0 Å². The van der Waals surface area contributed by atoms with Crippen LogP contribution >= 0.6 is 0 Å². The molecular formula is C17H20N2O2. The molecule has 0 fully saturated rings. The van der Waals surface area contributed by atoms with Crippen LogP contribution < -0.4 is 5.32 Å². The van der Waals surface area contributed by atoms with E-state index in [4.69, 9.17) is 0 Å². The predicted octanol–water partition coefficient (Wildman–Crippen LogP) is 2.30. The minimum atomic E-state index is -0.805. The molecule has 2 rings (SSSR count). The molecule has 1 aromatic carbocycles. The molecule has 0 bridgehead atoms. The van der Waals surface area contributed by atoms with Gasteiger partial charge in [0.15, 0.2) is 0 Å². The standard InChI is InChI=1S/C17H20N2O2/c20-17(21)16(12-14-6-2-1-3-7-14)19-11-5-9-15-8-4-10-18-13-15/h1-4,6-8,10,13,16,19H,5,9,11-12H2,(H,20,21). The highest BCUT2D eigenvalue weighted by atomic mass is 16.4. The molecule has 2 N–H and O–H groups in total. The highest BCUT2D eigenvalue weighted by Gasteiger charge is 2.16. The normalized spacial score (nSPS) is 12.0. The van der Waals surface area contributed by atoms with Gasteiger partial charge in [0.1, 0.15) is 6.04 Å². The van der Waals surface area contributed by atoms with E-state index in [-0.39, 0.29) is 0 Å². The summed E-state index contributed by atoms with van der Waals surface area (Å²) >= 11 is 0. The van der Waals surface area contributed by atoms with E-state index in [1.165, 1.54) is 5.56 Å². The second kappa shape index (κ2) is 8.17. The molecule has 1 atom stereocenters. The lowest BCUT2D eigenvalue weighted by atomic mass is 10.1. The van der Waals surface area contributed by atoms with Crippen molar-refractivity contribution in [3.8, 4) is 0 Å². The van der Waals surface area contributed by atoms with Crippen molar-refractivity contribution in [3.05, 3.63) is 66.0 Å². The fourth-order valence-corrected chi connectivity index (χ4v) is 2.21. The van der Waals surface area contributed by atoms with E-state index >= 15 is 0 Å². The first-order chi connectivity index (χ1) is 10.3. The van der Waals surface area contributed by atoms with Gasteiger partial charge < -0.3 is 10.4 Å². The minimum Gasteiger partial charge on any atom is -0.480 e. The van der Waals surface area contributed by atoms with Crippen molar-refractivity contribution in [3.63, 3.8) is 0 Å². The number of aryl methyl sites for hydroxylation is 1. The molecule has 2 aromatic rings. The summed E-state index contributed by atoms with van der Waals surface area (Å²) in [5.41, 5.74) is 2.21. The summed E-state index contributed by atoms with van der Waals surface area (Å²) in [4.78, 5) is 15.4. The number of aliphatic carboxylic acids is 1. The molecule has 1 aromatic heterocycles. The molecule has 1 unspecified atom stereocenters. The summed E-state index contributed by atoms with van der Waals surface area (Å²) in [6, 6.07) is 13.1. The SMILES string of the molecule is O=C(O)C(Cc1ccccc1)NCCCc1cccnc1. The van der Waals surface area contributed by atoms with Gasteiger partial charge >= 0.3 is 5.97 Å². The first-order valence-electron chi connectivity index (χ1n) is 7.15. The smallest absolute Gasteiger partial charge is 0.321 e. The number of hydrogen-bond donors (Lipinski definition) is 2. The number of pyridine rings is 1. The Morgan fingerprint density at radius 2 is 1.90 bits per heavy atom. The van der Waals surface area contributed by atoms with Gasteiger partial charge in [-0.05, 0) is 43.0 Å². The van der Waals surface area contributed by atoms with Gasteiger partial charge in [-0.3, -0.25) is 9.78 Å². The number of carboxylic acid groups (broad SMARTS) is 1. The number of aromatic nitrogens is 1. The van der Waals surface area contributed by atoms with Crippen LogP contribution in [0.2, 0.25) is 0 Å². The quantitative estimate of drug-likeness (QED) is 0.730. The Bertz CT molecular complexity index is 543. The Hall–Kier alpha value is -2.20. The number of carboxylic acids is 1. The van der Waals surface area contributed by atoms with Crippen molar-refractivity contribution in [2.45, 2.75) is 25.3 Å². The van der Waals surface area contributed by atoms with E-state index in [2.05, 4.69) is 10.3 Å². The van der Waals surface area contributed by atoms with Crippen molar-refractivity contribution >= 4 is 5.97 Å². The number of hydrogen-bond acceptors (Lipinski definition) is 3. The third-order valence-electron chi connectivity index (χ3n) is 3.34. The first kappa shape index (κ1) is 15.2. The van der Waals surface area contributed by atoms with Crippen LogP contribution in [0.25, 0.3) is 0 Å². The molecule has 0 aliphatic heterocycles. The van der Waals surface area contributed by atoms with Gasteiger partial charge in [0.05, 0.1) is 0 Å². The van der Waals surface area contributed by atoms with E-state index in [9.17, 15) is 9.90 Å². The Labute approximate surface area is 124 Å². The lowest BCUT2D eigenvalue weighted by Gasteiger charge is -2.14. The molecule has 0 amide bonds. The summed E-state index contributed by atoms with van der Waals surface area (Å²) in [6.07, 6.45) is 5.90. The van der Waals surface area contributed by atoms with Crippen molar-refractivity contribution < 1.29 is 9.90 Å². The topological polar surface area (TPSA) is 62.2 Å². The zero-order valence-corrected chi connectivity index (χ0v) is 11.9. The monoisotopic (exact) mass is 284 g/mol. The molecule has 0 spiro atoms. The largest absolute Gasteiger partial charge is 0.480 e. The molecule has 0 saturated heterocycles. The highest BCUT2D eigenvalue weighted by molar-refractivity contribution is 5.73. The Kier molecular flexibility index (Phi) is 5.91. The highest BCUT2D eigenvalue weighted by Crippen LogP contribution is 2.04. The van der Waals surface area contributed by atoms with E-state index < -0.39 is 12.0 Å². The fourth-order valence-electron chi connectivity index (χ4n) is 2.21. The first-order valence-corrected chi connectivity index (χ1v) is 7.15. The van der Waals surface area contributed by atoms with Crippen molar-refractivity contribution in [2.75, 3.05) is 6.54 Å². The van der Waals surface area contributed by atoms with Crippen molar-refractivity contribution in [1.29, 1.82) is 0 Å². The maximum Gasteiger partial charge on any atom is 0.321 e. The Morgan fingerprint density at radius 1 is 1.14 bits per heavy atom. The number of rotatable bonds is 8. The summed E-state index contributed by atoms with van der Waals surface area (Å²) in [5, 5.41) is 12.4. The molecule has 0 saturated carbocycles. The predicted molar refractivity (Wildman–Crippen MR) is 82.1 cm³/mol. The van der Waals surface area contributed by atoms with Crippen molar-refractivity contribution in [2.24, 2.45) is 0 Å². The third kappa shape index (κ3) is 5.36. The molecule has 4 nitrogen and oxygen atoms in total. The second-order valence-electron chi connectivity index (χ2n) is 5.00. The summed E-state index contributed by atoms with van der Waals surface area (Å²) in [7, 11) is 0. The third-order valence-corrected chi connectivity index (χ3v) is 3.34. The van der Waals surface area contributed by atoms with E-state index in [1.54, 1.807) is 6.20 Å². The van der Waals surface area contributed by atoms with Gasteiger partial charge in [-0.25, -0.2) is 0 Å². The molecule has 21 heavy (non-hydrogen) atoms. The lowest BCUT2D eigenvalue weighted by Crippen LogP contribution is -2.39.